The molecule has 3 N–H and O–H groups in total. The van der Waals surface area contributed by atoms with Crippen molar-refractivity contribution in [3.05, 3.63) is 71.8 Å². The van der Waals surface area contributed by atoms with E-state index >= 15 is 0 Å². The molecule has 0 saturated carbocycles. The lowest BCUT2D eigenvalue weighted by molar-refractivity contribution is 0.0995. The van der Waals surface area contributed by atoms with E-state index in [1.165, 1.54) is 11.1 Å². The summed E-state index contributed by atoms with van der Waals surface area (Å²) in [5.74, 6) is 0. The standard InChI is InChI=1S/C26H39N3O3/c1-3-7-23(8-4-1)21-31-15-11-25-19-27-20-26(29-14-18-30-17-13-28-25)12-16-32-22-24-9-5-2-6-10-24/h1-10,25-29H,11-22H2. The first-order valence-corrected chi connectivity index (χ1v) is 11.9. The van der Waals surface area contributed by atoms with Crippen molar-refractivity contribution in [2.24, 2.45) is 0 Å². The summed E-state index contributed by atoms with van der Waals surface area (Å²) in [6, 6.07) is 21.4. The number of hydrogen-bond donors (Lipinski definition) is 3. The maximum Gasteiger partial charge on any atom is 0.0716 e. The number of rotatable bonds is 10. The molecule has 0 aromatic heterocycles. The second kappa shape index (κ2) is 15.9. The molecule has 3 rings (SSSR count). The minimum atomic E-state index is 0.365. The molecule has 1 aliphatic rings. The van der Waals surface area contributed by atoms with Gasteiger partial charge in [0.1, 0.15) is 0 Å². The largest absolute Gasteiger partial charge is 0.379 e. The van der Waals surface area contributed by atoms with Crippen LogP contribution in [-0.4, -0.2) is 64.7 Å². The summed E-state index contributed by atoms with van der Waals surface area (Å²) in [5, 5.41) is 10.9. The first kappa shape index (κ1) is 24.8. The second-order valence-corrected chi connectivity index (χ2v) is 8.23. The van der Waals surface area contributed by atoms with Gasteiger partial charge >= 0.3 is 0 Å². The van der Waals surface area contributed by atoms with Crippen LogP contribution in [0.1, 0.15) is 24.0 Å². The maximum absolute atomic E-state index is 5.89. The smallest absolute Gasteiger partial charge is 0.0716 e. The van der Waals surface area contributed by atoms with Gasteiger partial charge in [-0.25, -0.2) is 0 Å². The Balaban J connectivity index is 1.34. The molecule has 0 spiro atoms. The maximum atomic E-state index is 5.89. The number of hydrogen-bond acceptors (Lipinski definition) is 6. The molecular formula is C26H39N3O3. The van der Waals surface area contributed by atoms with Crippen molar-refractivity contribution in [2.75, 3.05) is 52.6 Å². The Morgan fingerprint density at radius 2 is 1.16 bits per heavy atom. The number of nitrogens with one attached hydrogen (secondary N) is 3. The molecule has 2 aromatic carbocycles. The van der Waals surface area contributed by atoms with Crippen LogP contribution < -0.4 is 16.0 Å². The van der Waals surface area contributed by atoms with Gasteiger partial charge in [0.25, 0.3) is 0 Å². The van der Waals surface area contributed by atoms with Crippen molar-refractivity contribution in [3.8, 4) is 0 Å². The van der Waals surface area contributed by atoms with E-state index in [0.29, 0.717) is 25.3 Å². The van der Waals surface area contributed by atoms with Crippen molar-refractivity contribution in [1.29, 1.82) is 0 Å². The third kappa shape index (κ3) is 10.7. The minimum Gasteiger partial charge on any atom is -0.379 e. The quantitative estimate of drug-likeness (QED) is 0.493. The van der Waals surface area contributed by atoms with Gasteiger partial charge in [-0.3, -0.25) is 0 Å². The monoisotopic (exact) mass is 441 g/mol. The molecule has 1 aliphatic heterocycles. The summed E-state index contributed by atoms with van der Waals surface area (Å²) in [7, 11) is 0. The van der Waals surface area contributed by atoms with E-state index in [-0.39, 0.29) is 0 Å². The highest BCUT2D eigenvalue weighted by molar-refractivity contribution is 5.14. The van der Waals surface area contributed by atoms with Crippen molar-refractivity contribution in [1.82, 2.24) is 16.0 Å². The topological polar surface area (TPSA) is 63.8 Å². The van der Waals surface area contributed by atoms with Gasteiger partial charge in [-0.05, 0) is 24.0 Å². The van der Waals surface area contributed by atoms with Gasteiger partial charge in [-0.1, -0.05) is 60.7 Å². The summed E-state index contributed by atoms with van der Waals surface area (Å²) in [6.45, 7) is 7.83. The van der Waals surface area contributed by atoms with Gasteiger partial charge in [0, 0.05) is 51.5 Å². The van der Waals surface area contributed by atoms with E-state index < -0.39 is 0 Å². The number of ether oxygens (including phenoxy) is 3. The van der Waals surface area contributed by atoms with Crippen LogP contribution in [0.2, 0.25) is 0 Å². The van der Waals surface area contributed by atoms with E-state index in [1.807, 2.05) is 36.4 Å². The van der Waals surface area contributed by atoms with Gasteiger partial charge < -0.3 is 30.2 Å². The molecule has 6 nitrogen and oxygen atoms in total. The van der Waals surface area contributed by atoms with Crippen molar-refractivity contribution < 1.29 is 14.2 Å². The Labute approximate surface area is 193 Å². The highest BCUT2D eigenvalue weighted by atomic mass is 16.5. The molecule has 0 aliphatic carbocycles. The SMILES string of the molecule is c1ccc(COCCC2CNCC(CCOCc3ccccc3)NCCOCCN2)cc1. The van der Waals surface area contributed by atoms with Crippen LogP contribution in [0, 0.1) is 0 Å². The first-order valence-electron chi connectivity index (χ1n) is 11.9. The van der Waals surface area contributed by atoms with E-state index in [9.17, 15) is 0 Å². The van der Waals surface area contributed by atoms with Crippen LogP contribution in [0.5, 0.6) is 0 Å². The Hall–Kier alpha value is -1.80. The molecule has 2 aromatic rings. The molecule has 1 fully saturated rings. The minimum absolute atomic E-state index is 0.365. The summed E-state index contributed by atoms with van der Waals surface area (Å²) < 4.78 is 17.5. The summed E-state index contributed by atoms with van der Waals surface area (Å²) >= 11 is 0. The molecule has 6 heteroatoms. The summed E-state index contributed by atoms with van der Waals surface area (Å²) in [4.78, 5) is 0. The van der Waals surface area contributed by atoms with Gasteiger partial charge in [0.05, 0.1) is 26.4 Å². The summed E-state index contributed by atoms with van der Waals surface area (Å²) in [6.07, 6.45) is 1.94. The van der Waals surface area contributed by atoms with Crippen LogP contribution in [0.4, 0.5) is 0 Å². The first-order chi connectivity index (χ1) is 15.9. The third-order valence-corrected chi connectivity index (χ3v) is 5.58. The van der Waals surface area contributed by atoms with Crippen LogP contribution in [0.3, 0.4) is 0 Å². The predicted molar refractivity (Wildman–Crippen MR) is 129 cm³/mol. The molecule has 2 unspecified atom stereocenters. The zero-order chi connectivity index (χ0) is 22.1. The molecule has 2 atom stereocenters. The number of benzene rings is 2. The molecule has 0 amide bonds. The fourth-order valence-electron chi connectivity index (χ4n) is 3.74. The van der Waals surface area contributed by atoms with Gasteiger partial charge in [-0.15, -0.1) is 0 Å². The fraction of sp³-hybridized carbons (Fsp3) is 0.538. The van der Waals surface area contributed by atoms with Gasteiger partial charge in [0.15, 0.2) is 0 Å². The average molecular weight is 442 g/mol. The average Bonchev–Trinajstić information content (AvgIpc) is 2.83. The lowest BCUT2D eigenvalue weighted by Gasteiger charge is -2.24. The van der Waals surface area contributed by atoms with Crippen LogP contribution in [-0.2, 0) is 27.4 Å². The highest BCUT2D eigenvalue weighted by Crippen LogP contribution is 2.04. The molecule has 1 saturated heterocycles. The van der Waals surface area contributed by atoms with Crippen LogP contribution >= 0.6 is 0 Å². The summed E-state index contributed by atoms with van der Waals surface area (Å²) in [5.41, 5.74) is 2.43. The second-order valence-electron chi connectivity index (χ2n) is 8.23. The Kier molecular flexibility index (Phi) is 12.3. The Morgan fingerprint density at radius 1 is 0.688 bits per heavy atom. The normalized spacial score (nSPS) is 20.9. The molecule has 32 heavy (non-hydrogen) atoms. The van der Waals surface area contributed by atoms with E-state index in [1.54, 1.807) is 0 Å². The van der Waals surface area contributed by atoms with E-state index in [2.05, 4.69) is 40.2 Å². The fourth-order valence-corrected chi connectivity index (χ4v) is 3.74. The van der Waals surface area contributed by atoms with Crippen LogP contribution in [0.25, 0.3) is 0 Å². The lowest BCUT2D eigenvalue weighted by Crippen LogP contribution is -2.47. The lowest BCUT2D eigenvalue weighted by atomic mass is 10.1. The third-order valence-electron chi connectivity index (χ3n) is 5.58. The van der Waals surface area contributed by atoms with Gasteiger partial charge in [-0.2, -0.15) is 0 Å². The predicted octanol–water partition coefficient (Wildman–Crippen LogP) is 2.74. The molecule has 1 heterocycles. The zero-order valence-electron chi connectivity index (χ0n) is 19.1. The molecule has 0 radical (unpaired) electrons. The van der Waals surface area contributed by atoms with Crippen molar-refractivity contribution in [2.45, 2.75) is 38.1 Å². The van der Waals surface area contributed by atoms with E-state index in [4.69, 9.17) is 14.2 Å². The Bertz CT molecular complexity index is 642. The zero-order valence-corrected chi connectivity index (χ0v) is 19.1. The molecule has 176 valence electrons. The van der Waals surface area contributed by atoms with Gasteiger partial charge in [0.2, 0.25) is 0 Å². The van der Waals surface area contributed by atoms with E-state index in [0.717, 1.165) is 65.4 Å². The molecular weight excluding hydrogens is 402 g/mol. The van der Waals surface area contributed by atoms with Crippen molar-refractivity contribution >= 4 is 0 Å². The van der Waals surface area contributed by atoms with Crippen LogP contribution in [0.15, 0.2) is 60.7 Å². The Morgan fingerprint density at radius 3 is 1.62 bits per heavy atom. The highest BCUT2D eigenvalue weighted by Gasteiger charge is 2.13. The van der Waals surface area contributed by atoms with Crippen molar-refractivity contribution in [3.63, 3.8) is 0 Å². The molecule has 0 bridgehead atoms.